The van der Waals surface area contributed by atoms with Crippen LogP contribution in [0.3, 0.4) is 0 Å². The highest BCUT2D eigenvalue weighted by Gasteiger charge is 2.38. The van der Waals surface area contributed by atoms with Gasteiger partial charge in [0.1, 0.15) is 30.0 Å². The third-order valence-corrected chi connectivity index (χ3v) is 7.89. The zero-order chi connectivity index (χ0) is 39.6. The molecule has 4 amide bonds. The lowest BCUT2D eigenvalue weighted by Gasteiger charge is -2.27. The first-order valence-corrected chi connectivity index (χ1v) is 16.3. The highest BCUT2D eigenvalue weighted by Crippen LogP contribution is 2.22. The number of phenols is 1. The number of aliphatic hydroxyl groups excluding tert-OH is 3. The van der Waals surface area contributed by atoms with E-state index in [9.17, 15) is 57.6 Å². The molecule has 0 saturated carbocycles. The number of hydrogen-bond donors (Lipinski definition) is 10. The van der Waals surface area contributed by atoms with Gasteiger partial charge in [-0.25, -0.2) is 4.79 Å². The minimum Gasteiger partial charge on any atom is -0.508 e. The lowest BCUT2D eigenvalue weighted by molar-refractivity contribution is -0.192. The number of amides is 4. The molecular formula is C32H42F3N5O11S. The summed E-state index contributed by atoms with van der Waals surface area (Å²) in [5.41, 5.74) is 5.75. The molecule has 2 rings (SSSR count). The van der Waals surface area contributed by atoms with Crippen LogP contribution in [0.5, 0.6) is 5.75 Å². The van der Waals surface area contributed by atoms with E-state index in [4.69, 9.17) is 15.6 Å². The molecule has 0 aliphatic heterocycles. The molecule has 20 heteroatoms. The lowest BCUT2D eigenvalue weighted by Crippen LogP contribution is -2.52. The van der Waals surface area contributed by atoms with Crippen molar-refractivity contribution < 1.29 is 67.5 Å². The van der Waals surface area contributed by atoms with Gasteiger partial charge in [0, 0.05) is 30.7 Å². The fraction of sp³-hybridized carbons (Fsp3) is 0.438. The van der Waals surface area contributed by atoms with Crippen molar-refractivity contribution in [2.24, 2.45) is 11.1 Å². The first-order chi connectivity index (χ1) is 24.2. The van der Waals surface area contributed by atoms with Crippen molar-refractivity contribution in [2.75, 3.05) is 32.1 Å². The van der Waals surface area contributed by atoms with Crippen LogP contribution in [0, 0.1) is 5.41 Å². The normalized spacial score (nSPS) is 13.6. The molecule has 0 aliphatic rings. The lowest BCUT2D eigenvalue weighted by atomic mass is 9.87. The Hall–Kier alpha value is -4.76. The first kappa shape index (κ1) is 45.3. The molecule has 0 radical (unpaired) electrons. The smallest absolute Gasteiger partial charge is 0.490 e. The number of phenolic OH excluding ortho intramolecular Hbond substituents is 1. The maximum Gasteiger partial charge on any atom is 0.490 e. The van der Waals surface area contributed by atoms with E-state index in [1.54, 1.807) is 30.3 Å². The highest BCUT2D eigenvalue weighted by atomic mass is 32.2. The molecule has 2 aromatic carbocycles. The molecule has 0 fully saturated rings. The molecule has 0 saturated heterocycles. The number of carbonyl (C=O) groups is 6. The number of aromatic hydroxyl groups is 1. The minimum atomic E-state index is -5.08. The SMILES string of the molecule is CC(C)(CO)[C@@H](O)C(=O)NCCC(=O)NCCSC(=O)[C@@H](NC(=O)[C@H](CO)NC(=O)[C@H](N)c1ccc(O)cc1)c1ccccc1.O=C(O)C(F)(F)F. The Bertz CT molecular complexity index is 1500. The average molecular weight is 762 g/mol. The van der Waals surface area contributed by atoms with E-state index in [0.29, 0.717) is 11.1 Å². The topological polar surface area (TPSA) is 278 Å². The molecule has 11 N–H and O–H groups in total. The van der Waals surface area contributed by atoms with E-state index < -0.39 is 83.7 Å². The van der Waals surface area contributed by atoms with Crippen molar-refractivity contribution in [1.82, 2.24) is 21.3 Å². The molecule has 288 valence electrons. The zero-order valence-corrected chi connectivity index (χ0v) is 28.9. The molecule has 0 unspecified atom stereocenters. The Labute approximate surface area is 300 Å². The van der Waals surface area contributed by atoms with Gasteiger partial charge in [0.05, 0.1) is 13.2 Å². The number of carbonyl (C=O) groups excluding carboxylic acids is 5. The summed E-state index contributed by atoms with van der Waals surface area (Å²) in [4.78, 5) is 71.9. The van der Waals surface area contributed by atoms with Crippen LogP contribution < -0.4 is 27.0 Å². The van der Waals surface area contributed by atoms with E-state index in [1.807, 2.05) is 0 Å². The van der Waals surface area contributed by atoms with Crippen LogP contribution in [-0.4, -0.2) is 111 Å². The maximum atomic E-state index is 13.2. The summed E-state index contributed by atoms with van der Waals surface area (Å²) in [5.74, 6) is -5.31. The van der Waals surface area contributed by atoms with Gasteiger partial charge < -0.3 is 52.5 Å². The van der Waals surface area contributed by atoms with E-state index in [1.165, 1.54) is 38.1 Å². The Morgan fingerprint density at radius 2 is 1.40 bits per heavy atom. The van der Waals surface area contributed by atoms with Crippen molar-refractivity contribution in [3.63, 3.8) is 0 Å². The third-order valence-electron chi connectivity index (χ3n) is 6.96. The number of benzene rings is 2. The standard InChI is InChI=1S/C30H41N5O9S.C2HF3O2/c1-30(2,17-37)25(40)28(43)33-13-12-22(39)32-14-15-45-29(44)24(19-6-4-3-5-7-19)35-26(41)21(16-36)34-27(42)23(31)18-8-10-20(38)11-9-18;3-2(4,5)1(6)7/h3-11,21,23-25,36-38,40H,12-17,31H2,1-2H3,(H,32,39)(H,33,43)(H,34,42)(H,35,41);(H,6,7)/t21-,23+,24-,25-;/m0./s1. The number of nitrogens with one attached hydrogen (secondary N) is 4. The molecular weight excluding hydrogens is 719 g/mol. The second-order valence-electron chi connectivity index (χ2n) is 11.6. The molecule has 16 nitrogen and oxygen atoms in total. The second-order valence-corrected chi connectivity index (χ2v) is 12.7. The van der Waals surface area contributed by atoms with Crippen LogP contribution in [0.25, 0.3) is 0 Å². The number of aliphatic carboxylic acids is 1. The molecule has 4 atom stereocenters. The third kappa shape index (κ3) is 15.6. The largest absolute Gasteiger partial charge is 0.508 e. The van der Waals surface area contributed by atoms with E-state index >= 15 is 0 Å². The van der Waals surface area contributed by atoms with Gasteiger partial charge in [-0.2, -0.15) is 13.2 Å². The number of carboxylic acids is 1. The first-order valence-electron chi connectivity index (χ1n) is 15.4. The van der Waals surface area contributed by atoms with E-state index in [2.05, 4.69) is 21.3 Å². The van der Waals surface area contributed by atoms with Crippen molar-refractivity contribution in [3.05, 3.63) is 65.7 Å². The quantitative estimate of drug-likeness (QED) is 0.0923. The predicted octanol–water partition coefficient (Wildman–Crippen LogP) is -0.378. The summed E-state index contributed by atoms with van der Waals surface area (Å²) in [7, 11) is 0. The summed E-state index contributed by atoms with van der Waals surface area (Å²) in [6.45, 7) is 1.94. The van der Waals surface area contributed by atoms with Crippen molar-refractivity contribution in [2.45, 2.75) is 50.7 Å². The number of nitrogens with two attached hydrogens (primary N) is 1. The number of alkyl halides is 3. The molecule has 0 bridgehead atoms. The van der Waals surface area contributed by atoms with Crippen LogP contribution in [0.1, 0.15) is 43.5 Å². The Balaban J connectivity index is 0.00000174. The van der Waals surface area contributed by atoms with Crippen LogP contribution in [-0.2, 0) is 28.8 Å². The van der Waals surface area contributed by atoms with Crippen LogP contribution in [0.15, 0.2) is 54.6 Å². The predicted molar refractivity (Wildman–Crippen MR) is 180 cm³/mol. The number of rotatable bonds is 17. The highest BCUT2D eigenvalue weighted by molar-refractivity contribution is 8.13. The molecule has 0 aromatic heterocycles. The minimum absolute atomic E-state index is 0.0159. The summed E-state index contributed by atoms with van der Waals surface area (Å²) >= 11 is 0.853. The number of hydrogen-bond acceptors (Lipinski definition) is 12. The molecule has 0 aliphatic carbocycles. The molecule has 0 heterocycles. The zero-order valence-electron chi connectivity index (χ0n) is 28.1. The maximum absolute atomic E-state index is 13.2. The van der Waals surface area contributed by atoms with Gasteiger partial charge in [-0.15, -0.1) is 0 Å². The Kier molecular flexibility index (Phi) is 18.8. The fourth-order valence-corrected chi connectivity index (χ4v) is 4.57. The van der Waals surface area contributed by atoms with Crippen LogP contribution in [0.4, 0.5) is 13.2 Å². The molecule has 52 heavy (non-hydrogen) atoms. The van der Waals surface area contributed by atoms with Crippen LogP contribution >= 0.6 is 11.8 Å². The van der Waals surface area contributed by atoms with Crippen LogP contribution in [0.2, 0.25) is 0 Å². The van der Waals surface area contributed by atoms with Crippen molar-refractivity contribution >= 4 is 46.5 Å². The van der Waals surface area contributed by atoms with Gasteiger partial charge in [0.15, 0.2) is 0 Å². The Morgan fingerprint density at radius 1 is 0.827 bits per heavy atom. The van der Waals surface area contributed by atoms with Gasteiger partial charge in [-0.1, -0.05) is 68.1 Å². The van der Waals surface area contributed by atoms with Crippen molar-refractivity contribution in [1.29, 1.82) is 0 Å². The monoisotopic (exact) mass is 761 g/mol. The molecule has 2 aromatic rings. The number of halogens is 3. The number of carboxylic acid groups (broad SMARTS) is 1. The summed E-state index contributed by atoms with van der Waals surface area (Å²) < 4.78 is 31.7. The van der Waals surface area contributed by atoms with Crippen molar-refractivity contribution in [3.8, 4) is 5.75 Å². The number of aliphatic hydroxyl groups is 3. The van der Waals surface area contributed by atoms with Gasteiger partial charge in [0.25, 0.3) is 0 Å². The summed E-state index contributed by atoms with van der Waals surface area (Å²) in [5, 5.41) is 55.2. The van der Waals surface area contributed by atoms with Gasteiger partial charge >= 0.3 is 12.1 Å². The molecule has 0 spiro atoms. The fourth-order valence-electron chi connectivity index (χ4n) is 3.81. The number of thioether (sulfide) groups is 1. The van der Waals surface area contributed by atoms with E-state index in [-0.39, 0.29) is 31.0 Å². The van der Waals surface area contributed by atoms with Gasteiger partial charge in [0.2, 0.25) is 28.7 Å². The summed E-state index contributed by atoms with van der Waals surface area (Å²) in [6, 6.07) is 10.2. The Morgan fingerprint density at radius 3 is 1.92 bits per heavy atom. The van der Waals surface area contributed by atoms with Gasteiger partial charge in [-0.3, -0.25) is 24.0 Å². The average Bonchev–Trinajstić information content (AvgIpc) is 3.10. The van der Waals surface area contributed by atoms with Gasteiger partial charge in [-0.05, 0) is 23.3 Å². The van der Waals surface area contributed by atoms with E-state index in [0.717, 1.165) is 11.8 Å². The summed E-state index contributed by atoms with van der Waals surface area (Å²) in [6.07, 6.45) is -6.61. The second kappa shape index (κ2) is 21.6.